The summed E-state index contributed by atoms with van der Waals surface area (Å²) in [5.41, 5.74) is 4.32. The van der Waals surface area contributed by atoms with Crippen LogP contribution in [0.3, 0.4) is 0 Å². The van der Waals surface area contributed by atoms with Gasteiger partial charge < -0.3 is 19.8 Å². The molecule has 0 bridgehead atoms. The molecular weight excluding hydrogens is 491 g/mol. The molecule has 0 unspecified atom stereocenters. The molecule has 3 aromatic heterocycles. The van der Waals surface area contributed by atoms with E-state index in [1.54, 1.807) is 12.3 Å². The Morgan fingerprint density at radius 3 is 2.51 bits per heavy atom. The predicted molar refractivity (Wildman–Crippen MR) is 161 cm³/mol. The molecule has 0 spiro atoms. The number of aromatic nitrogens is 4. The number of likely N-dealkylation sites (tertiary alicyclic amines) is 1. The molecule has 6 rings (SSSR count). The number of aromatic amines is 1. The van der Waals surface area contributed by atoms with Gasteiger partial charge in [-0.2, -0.15) is 0 Å². The second-order valence-corrected chi connectivity index (χ2v) is 10.9. The largest absolute Gasteiger partial charge is 0.346 e. The number of pyridine rings is 1. The summed E-state index contributed by atoms with van der Waals surface area (Å²) in [6.45, 7) is 7.85. The van der Waals surface area contributed by atoms with Crippen molar-refractivity contribution in [3.8, 4) is 11.1 Å². The molecular formula is C31H45FN6O. The Morgan fingerprint density at radius 2 is 1.79 bits per heavy atom. The number of aryl methyl sites for hydroxylation is 1. The lowest BCUT2D eigenvalue weighted by atomic mass is 9.96. The number of fused-ring (bicyclic) bond motifs is 2. The first kappa shape index (κ1) is 27.3. The van der Waals surface area contributed by atoms with Gasteiger partial charge in [0.1, 0.15) is 17.0 Å². The molecule has 212 valence electrons. The molecule has 1 aliphatic carbocycles. The predicted octanol–water partition coefficient (Wildman–Crippen LogP) is 7.72. The van der Waals surface area contributed by atoms with E-state index in [2.05, 4.69) is 42.8 Å². The van der Waals surface area contributed by atoms with Crippen LogP contribution in [0.1, 0.15) is 79.9 Å². The quantitative estimate of drug-likeness (QED) is 0.262. The number of nitrogens with zero attached hydrogens (tertiary/aromatic N) is 4. The average molecular weight is 537 g/mol. The Hall–Kier alpha value is -3.26. The van der Waals surface area contributed by atoms with E-state index in [4.69, 9.17) is 0 Å². The van der Waals surface area contributed by atoms with Crippen molar-refractivity contribution in [3.63, 3.8) is 0 Å². The summed E-state index contributed by atoms with van der Waals surface area (Å²) in [6, 6.07) is 5.93. The third kappa shape index (κ3) is 5.57. The minimum Gasteiger partial charge on any atom is -0.346 e. The van der Waals surface area contributed by atoms with E-state index in [0.29, 0.717) is 22.9 Å². The highest BCUT2D eigenvalue weighted by Crippen LogP contribution is 2.36. The first-order valence-electron chi connectivity index (χ1n) is 14.6. The molecule has 2 aliphatic rings. The zero-order valence-electron chi connectivity index (χ0n) is 23.7. The fraction of sp³-hybridized carbons (Fsp3) is 0.516. The fourth-order valence-corrected chi connectivity index (χ4v) is 6.23. The summed E-state index contributed by atoms with van der Waals surface area (Å²) in [4.78, 5) is 27.5. The zero-order chi connectivity index (χ0) is 27.5. The van der Waals surface area contributed by atoms with Crippen LogP contribution in [-0.4, -0.2) is 50.5 Å². The highest BCUT2D eigenvalue weighted by Gasteiger charge is 2.24. The van der Waals surface area contributed by atoms with E-state index in [-0.39, 0.29) is 20.5 Å². The Labute approximate surface area is 233 Å². The molecule has 1 aliphatic heterocycles. The maximum Gasteiger partial charge on any atom is 0.227 e. The molecule has 4 aromatic rings. The van der Waals surface area contributed by atoms with Gasteiger partial charge in [0.15, 0.2) is 5.82 Å². The van der Waals surface area contributed by atoms with E-state index >= 15 is 4.39 Å². The Balaban J connectivity index is 0.00000113. The van der Waals surface area contributed by atoms with Crippen molar-refractivity contribution >= 4 is 33.7 Å². The molecule has 4 heterocycles. The number of halogens is 1. The van der Waals surface area contributed by atoms with E-state index in [0.717, 1.165) is 66.6 Å². The van der Waals surface area contributed by atoms with Gasteiger partial charge in [-0.1, -0.05) is 39.5 Å². The first-order chi connectivity index (χ1) is 19.0. The van der Waals surface area contributed by atoms with E-state index in [1.807, 2.05) is 33.0 Å². The minimum atomic E-state index is -0.308. The van der Waals surface area contributed by atoms with Crippen LogP contribution >= 0.6 is 0 Å². The molecule has 1 saturated carbocycles. The molecule has 0 atom stereocenters. The standard InChI is InChI=1S/C29H35FN6O.C2H6.2H2/c1-18-33-27-25(30)13-20(14-26(27)36(18)22-7-5-3-4-6-8-22)24-17-32-28-23(24)15-21(16-31-28)34-29(37)19-9-11-35(2)12-10-19;1-2;;/h13-17,19,22H,3-12H2,1-2H3,(H,31,32)(H,34,37);1-2H3;2*1H. The molecule has 8 heteroatoms. The number of nitrogens with one attached hydrogen (secondary N) is 2. The normalized spacial score (nSPS) is 17.7. The van der Waals surface area contributed by atoms with Crippen molar-refractivity contribution in [1.82, 2.24) is 24.4 Å². The van der Waals surface area contributed by atoms with Gasteiger partial charge >= 0.3 is 0 Å². The van der Waals surface area contributed by atoms with Gasteiger partial charge in [0, 0.05) is 32.0 Å². The van der Waals surface area contributed by atoms with Crippen LogP contribution in [-0.2, 0) is 4.79 Å². The van der Waals surface area contributed by atoms with Gasteiger partial charge in [0.05, 0.1) is 17.4 Å². The number of benzene rings is 1. The number of rotatable bonds is 4. The van der Waals surface area contributed by atoms with Gasteiger partial charge in [0.2, 0.25) is 5.91 Å². The van der Waals surface area contributed by atoms with Crippen LogP contribution in [0, 0.1) is 18.7 Å². The number of carbonyl (C=O) groups excluding carboxylic acids is 1. The summed E-state index contributed by atoms with van der Waals surface area (Å²) >= 11 is 0. The number of carbonyl (C=O) groups is 1. The SMILES string of the molecule is CC.Cc1nc2c(F)cc(-c3c[nH]c4ncc(NC(=O)C5CCN(C)CC5)cc34)cc2n1C1CCCCCC1.[HH].[HH]. The lowest BCUT2D eigenvalue weighted by Gasteiger charge is -2.28. The van der Waals surface area contributed by atoms with Gasteiger partial charge in [-0.25, -0.2) is 14.4 Å². The number of hydrogen-bond acceptors (Lipinski definition) is 4. The second-order valence-electron chi connectivity index (χ2n) is 10.9. The Kier molecular flexibility index (Phi) is 8.31. The molecule has 2 fully saturated rings. The van der Waals surface area contributed by atoms with Gasteiger partial charge in [-0.3, -0.25) is 4.79 Å². The van der Waals surface area contributed by atoms with Crippen LogP contribution < -0.4 is 5.32 Å². The van der Waals surface area contributed by atoms with E-state index < -0.39 is 0 Å². The van der Waals surface area contributed by atoms with Gasteiger partial charge in [0.25, 0.3) is 0 Å². The maximum atomic E-state index is 15.4. The van der Waals surface area contributed by atoms with Crippen LogP contribution in [0.2, 0.25) is 0 Å². The van der Waals surface area contributed by atoms with Crippen molar-refractivity contribution < 1.29 is 12.0 Å². The van der Waals surface area contributed by atoms with Crippen molar-refractivity contribution in [2.75, 3.05) is 25.5 Å². The number of hydrogen-bond donors (Lipinski definition) is 2. The van der Waals surface area contributed by atoms with Crippen molar-refractivity contribution in [2.45, 2.75) is 78.2 Å². The first-order valence-corrected chi connectivity index (χ1v) is 14.6. The average Bonchev–Trinajstić information content (AvgIpc) is 3.39. The molecule has 1 aromatic carbocycles. The van der Waals surface area contributed by atoms with E-state index in [1.165, 1.54) is 25.7 Å². The summed E-state index contributed by atoms with van der Waals surface area (Å²) in [7, 11) is 2.09. The number of amides is 1. The van der Waals surface area contributed by atoms with Crippen molar-refractivity contribution in [2.24, 2.45) is 5.92 Å². The number of piperidine rings is 1. The number of anilines is 1. The highest BCUT2D eigenvalue weighted by atomic mass is 19.1. The smallest absolute Gasteiger partial charge is 0.227 e. The lowest BCUT2D eigenvalue weighted by molar-refractivity contribution is -0.121. The van der Waals surface area contributed by atoms with Crippen LogP contribution in [0.4, 0.5) is 10.1 Å². The second kappa shape index (κ2) is 11.9. The summed E-state index contributed by atoms with van der Waals surface area (Å²) in [5, 5.41) is 3.93. The Morgan fingerprint density at radius 1 is 1.08 bits per heavy atom. The summed E-state index contributed by atoms with van der Waals surface area (Å²) in [5.74, 6) is 0.623. The molecule has 0 radical (unpaired) electrons. The topological polar surface area (TPSA) is 78.8 Å². The molecule has 1 saturated heterocycles. The van der Waals surface area contributed by atoms with Crippen LogP contribution in [0.5, 0.6) is 0 Å². The number of H-pyrrole nitrogens is 1. The summed E-state index contributed by atoms with van der Waals surface area (Å²) < 4.78 is 17.7. The van der Waals surface area contributed by atoms with Crippen LogP contribution in [0.25, 0.3) is 33.2 Å². The maximum absolute atomic E-state index is 15.4. The molecule has 2 N–H and O–H groups in total. The fourth-order valence-electron chi connectivity index (χ4n) is 6.23. The minimum absolute atomic E-state index is 0. The third-order valence-electron chi connectivity index (χ3n) is 8.31. The van der Waals surface area contributed by atoms with E-state index in [9.17, 15) is 4.79 Å². The molecule has 1 amide bonds. The summed E-state index contributed by atoms with van der Waals surface area (Å²) in [6.07, 6.45) is 12.4. The zero-order valence-corrected chi connectivity index (χ0v) is 23.7. The third-order valence-corrected chi connectivity index (χ3v) is 8.31. The lowest BCUT2D eigenvalue weighted by Crippen LogP contribution is -2.35. The molecule has 7 nitrogen and oxygen atoms in total. The van der Waals surface area contributed by atoms with Gasteiger partial charge in [-0.05, 0) is 76.5 Å². The Bertz CT molecular complexity index is 1450. The van der Waals surface area contributed by atoms with Crippen molar-refractivity contribution in [3.05, 3.63) is 42.2 Å². The monoisotopic (exact) mass is 536 g/mol. The van der Waals surface area contributed by atoms with Crippen molar-refractivity contribution in [1.29, 1.82) is 0 Å². The molecule has 39 heavy (non-hydrogen) atoms. The highest BCUT2D eigenvalue weighted by molar-refractivity contribution is 6.00. The number of imidazole rings is 1. The van der Waals surface area contributed by atoms with Crippen LogP contribution in [0.15, 0.2) is 30.6 Å². The van der Waals surface area contributed by atoms with Gasteiger partial charge in [-0.15, -0.1) is 0 Å².